The molecule has 0 aromatic rings. The molecule has 2 heteroatoms. The van der Waals surface area contributed by atoms with Crippen LogP contribution in [-0.2, 0) is 0 Å². The third-order valence-corrected chi connectivity index (χ3v) is 0. The smallest absolute Gasteiger partial charge is 0 e. The summed E-state index contributed by atoms with van der Waals surface area (Å²) in [5, 5.41) is 0. The summed E-state index contributed by atoms with van der Waals surface area (Å²) in [6, 6.07) is 0. The van der Waals surface area contributed by atoms with Crippen molar-refractivity contribution in [2.45, 2.75) is 14.9 Å². The van der Waals surface area contributed by atoms with E-state index in [0.717, 1.165) is 0 Å². The molecule has 0 aliphatic rings. The molecule has 0 spiro atoms. The van der Waals surface area contributed by atoms with E-state index in [1.54, 1.807) is 0 Å². The van der Waals surface area contributed by atoms with Crippen molar-refractivity contribution in [1.29, 1.82) is 0 Å². The summed E-state index contributed by atoms with van der Waals surface area (Å²) in [6.07, 6.45) is 0. The maximum atomic E-state index is 0. The van der Waals surface area contributed by atoms with Crippen molar-refractivity contribution in [1.82, 2.24) is 0 Å². The van der Waals surface area contributed by atoms with Crippen molar-refractivity contribution in [3.05, 3.63) is 0 Å². The van der Waals surface area contributed by atoms with Crippen molar-refractivity contribution < 1.29 is 71.1 Å². The first-order valence-electron chi connectivity index (χ1n) is 0. The molecule has 24 valence electrons. The molecular formula is C2H8ThU. The van der Waals surface area contributed by atoms with Crippen LogP contribution in [0.2, 0.25) is 0 Å². The fraction of sp³-hybridized carbons (Fsp3) is 1.00. The molecule has 0 radical (unpaired) electrons. The predicted molar refractivity (Wildman–Crippen MR) is 13.5 cm³/mol. The molecule has 0 fully saturated rings. The second-order valence-electron chi connectivity index (χ2n) is 0. The van der Waals surface area contributed by atoms with Crippen molar-refractivity contribution in [2.24, 2.45) is 0 Å². The third kappa shape index (κ3) is 8.83. The zero-order valence-electron chi connectivity index (χ0n) is 1.00. The predicted octanol–water partition coefficient (Wildman–Crippen LogP) is 1.27. The van der Waals surface area contributed by atoms with Gasteiger partial charge in [0.15, 0.2) is 0 Å². The zero-order chi connectivity index (χ0) is 0. The maximum Gasteiger partial charge on any atom is 0 e. The van der Waals surface area contributed by atoms with E-state index in [1.807, 2.05) is 0 Å². The largest absolute Gasteiger partial charge is 0.0776 e. The van der Waals surface area contributed by atoms with E-state index >= 15 is 0 Å². The number of rotatable bonds is 0. The molecule has 0 amide bonds. The quantitative estimate of drug-likeness (QED) is 0.469. The Hall–Kier alpha value is 2.38. The second-order valence-corrected chi connectivity index (χ2v) is 0. The zero-order valence-corrected chi connectivity index (χ0v) is 9.27. The van der Waals surface area contributed by atoms with Gasteiger partial charge in [-0.1, -0.05) is 14.9 Å². The molecule has 0 bridgehead atoms. The molecule has 0 aliphatic heterocycles. The second kappa shape index (κ2) is 18.2. The van der Waals surface area contributed by atoms with E-state index in [1.165, 1.54) is 0 Å². The van der Waals surface area contributed by atoms with Gasteiger partial charge in [-0.3, -0.25) is 0 Å². The Morgan fingerprint density at radius 1 is 0.750 bits per heavy atom. The van der Waals surface area contributed by atoms with Crippen LogP contribution in [0.5, 0.6) is 0 Å². The Balaban J connectivity index is 0. The van der Waals surface area contributed by atoms with Gasteiger partial charge in [-0.15, -0.1) is 0 Å². The first kappa shape index (κ1) is 32.6. The van der Waals surface area contributed by atoms with Crippen molar-refractivity contribution >= 4 is 0 Å². The summed E-state index contributed by atoms with van der Waals surface area (Å²) < 4.78 is 0. The Morgan fingerprint density at radius 3 is 0.750 bits per heavy atom. The van der Waals surface area contributed by atoms with Crippen molar-refractivity contribution in [3.8, 4) is 0 Å². The molecule has 0 heterocycles. The fourth-order valence-electron chi connectivity index (χ4n) is 0. The Labute approximate surface area is 84.2 Å². The van der Waals surface area contributed by atoms with Crippen LogP contribution < -0.4 is 0 Å². The summed E-state index contributed by atoms with van der Waals surface area (Å²) in [5.74, 6) is 0. The Kier molecular flexibility index (Phi) is 149. The van der Waals surface area contributed by atoms with Crippen LogP contribution in [0.15, 0.2) is 0 Å². The van der Waals surface area contributed by atoms with Crippen LogP contribution in [0.25, 0.3) is 0 Å². The van der Waals surface area contributed by atoms with E-state index in [9.17, 15) is 0 Å². The fourth-order valence-corrected chi connectivity index (χ4v) is 0. The van der Waals surface area contributed by atoms with Gasteiger partial charge in [0.1, 0.15) is 0 Å². The van der Waals surface area contributed by atoms with Gasteiger partial charge in [-0.05, 0) is 0 Å². The Morgan fingerprint density at radius 2 is 0.750 bits per heavy atom. The van der Waals surface area contributed by atoms with Crippen molar-refractivity contribution in [2.75, 3.05) is 0 Å². The van der Waals surface area contributed by atoms with E-state index in [0.29, 0.717) is 0 Å². The third-order valence-electron chi connectivity index (χ3n) is 0. The maximum absolute atomic E-state index is 0. The molecule has 0 nitrogen and oxygen atoms in total. The molecule has 4 heavy (non-hydrogen) atoms. The summed E-state index contributed by atoms with van der Waals surface area (Å²) in [6.45, 7) is 0. The molecule has 0 N–H and O–H groups in total. The van der Waals surface area contributed by atoms with Crippen LogP contribution in [0.3, 0.4) is 0 Å². The number of hydrogen-bond acceptors (Lipinski definition) is 0. The first-order valence-corrected chi connectivity index (χ1v) is 0. The summed E-state index contributed by atoms with van der Waals surface area (Å²) in [5.41, 5.74) is 0. The van der Waals surface area contributed by atoms with E-state index in [2.05, 4.69) is 0 Å². The molecule has 0 saturated heterocycles. The number of hydrogen-bond donors (Lipinski definition) is 0. The average molecular weight is 502 g/mol. The average Bonchev–Trinajstić information content (AvgIpc) is 0. The summed E-state index contributed by atoms with van der Waals surface area (Å²) in [4.78, 5) is 0. The summed E-state index contributed by atoms with van der Waals surface area (Å²) in [7, 11) is 0. The van der Waals surface area contributed by atoms with E-state index in [-0.39, 0.29) is 85.9 Å². The van der Waals surface area contributed by atoms with Gasteiger partial charge in [0.25, 0.3) is 0 Å². The van der Waals surface area contributed by atoms with Gasteiger partial charge in [0.05, 0.1) is 0 Å². The minimum Gasteiger partial charge on any atom is -0.0776 e. The normalized spacial score (nSPS) is 0. The van der Waals surface area contributed by atoms with Crippen LogP contribution in [-0.4, -0.2) is 0 Å². The van der Waals surface area contributed by atoms with Gasteiger partial charge in [-0.2, -0.15) is 0 Å². The monoisotopic (exact) mass is 502 g/mol. The first-order chi connectivity index (χ1) is 0. The van der Waals surface area contributed by atoms with Crippen LogP contribution in [0.4, 0.5) is 0 Å². The van der Waals surface area contributed by atoms with Crippen LogP contribution in [0.1, 0.15) is 14.9 Å². The van der Waals surface area contributed by atoms with Crippen LogP contribution >= 0.6 is 0 Å². The molecule has 0 atom stereocenters. The van der Waals surface area contributed by atoms with E-state index in [4.69, 9.17) is 0 Å². The molecule has 0 saturated carbocycles. The van der Waals surface area contributed by atoms with Crippen LogP contribution in [0, 0.1) is 71.1 Å². The molecular weight excluding hydrogens is 494 g/mol. The standard InChI is InChI=1S/2CH4.Th.U/h2*1H4;;. The molecule has 0 aliphatic carbocycles. The molecule has 0 rings (SSSR count). The Bertz CT molecular complexity index is 6.00. The van der Waals surface area contributed by atoms with Gasteiger partial charge in [0.2, 0.25) is 0 Å². The van der Waals surface area contributed by atoms with Crippen molar-refractivity contribution in [3.63, 3.8) is 0 Å². The topological polar surface area (TPSA) is 0 Å². The minimum atomic E-state index is 0. The van der Waals surface area contributed by atoms with Gasteiger partial charge in [-0.25, -0.2) is 0 Å². The van der Waals surface area contributed by atoms with Gasteiger partial charge >= 0.3 is 0 Å². The minimum absolute atomic E-state index is 0. The van der Waals surface area contributed by atoms with Gasteiger partial charge in [0, 0.05) is 71.1 Å². The molecule has 0 aromatic heterocycles. The van der Waals surface area contributed by atoms with E-state index < -0.39 is 0 Å². The van der Waals surface area contributed by atoms with Gasteiger partial charge < -0.3 is 0 Å². The molecule has 0 unspecified atom stereocenters. The molecule has 0 aromatic carbocycles. The summed E-state index contributed by atoms with van der Waals surface area (Å²) >= 11 is 0. The SMILES string of the molecule is C.C.[Th].[U].